The molecule has 1 heterocycles. The molecule has 1 N–H and O–H groups in total. The summed E-state index contributed by atoms with van der Waals surface area (Å²) in [5.41, 5.74) is 0. The van der Waals surface area contributed by atoms with Crippen LogP contribution >= 0.6 is 23.2 Å². The van der Waals surface area contributed by atoms with Crippen molar-refractivity contribution in [3.8, 4) is 5.75 Å². The van der Waals surface area contributed by atoms with Gasteiger partial charge in [0.05, 0.1) is 18.1 Å². The Morgan fingerprint density at radius 2 is 2.10 bits per heavy atom. The van der Waals surface area contributed by atoms with Crippen molar-refractivity contribution < 1.29 is 9.53 Å². The average molecular weight is 331 g/mol. The SMILES string of the molecule is CN1CCC(NC(=O)CCOc2cccc(Cl)c2Cl)CC1. The number of benzene rings is 1. The fourth-order valence-electron chi connectivity index (χ4n) is 2.30. The number of piperidine rings is 1. The van der Waals surface area contributed by atoms with E-state index in [4.69, 9.17) is 27.9 Å². The number of nitrogens with one attached hydrogen (secondary N) is 1. The monoisotopic (exact) mass is 330 g/mol. The van der Waals surface area contributed by atoms with Gasteiger partial charge in [0.15, 0.2) is 0 Å². The molecular formula is C15H20Cl2N2O2. The number of hydrogen-bond donors (Lipinski definition) is 1. The van der Waals surface area contributed by atoms with E-state index in [1.54, 1.807) is 18.2 Å². The Morgan fingerprint density at radius 1 is 1.38 bits per heavy atom. The van der Waals surface area contributed by atoms with Gasteiger partial charge in [-0.05, 0) is 45.1 Å². The van der Waals surface area contributed by atoms with Gasteiger partial charge in [-0.3, -0.25) is 4.79 Å². The molecule has 1 aromatic carbocycles. The molecule has 1 aromatic rings. The molecule has 0 unspecified atom stereocenters. The number of amides is 1. The van der Waals surface area contributed by atoms with E-state index >= 15 is 0 Å². The Labute approximate surface area is 135 Å². The van der Waals surface area contributed by atoms with Crippen molar-refractivity contribution in [1.82, 2.24) is 10.2 Å². The van der Waals surface area contributed by atoms with Crippen molar-refractivity contribution in [3.05, 3.63) is 28.2 Å². The summed E-state index contributed by atoms with van der Waals surface area (Å²) in [6.45, 7) is 2.34. The number of hydrogen-bond acceptors (Lipinski definition) is 3. The summed E-state index contributed by atoms with van der Waals surface area (Å²) in [5, 5.41) is 3.88. The van der Waals surface area contributed by atoms with Gasteiger partial charge in [-0.25, -0.2) is 0 Å². The van der Waals surface area contributed by atoms with Crippen LogP contribution in [0, 0.1) is 0 Å². The molecule has 0 aromatic heterocycles. The van der Waals surface area contributed by atoms with Crippen LogP contribution in [0.25, 0.3) is 0 Å². The van der Waals surface area contributed by atoms with Crippen molar-refractivity contribution in [2.45, 2.75) is 25.3 Å². The summed E-state index contributed by atoms with van der Waals surface area (Å²) in [7, 11) is 2.10. The van der Waals surface area contributed by atoms with Gasteiger partial charge >= 0.3 is 0 Å². The van der Waals surface area contributed by atoms with E-state index in [0.717, 1.165) is 25.9 Å². The molecule has 0 radical (unpaired) electrons. The van der Waals surface area contributed by atoms with Crippen molar-refractivity contribution in [2.24, 2.45) is 0 Å². The molecule has 116 valence electrons. The van der Waals surface area contributed by atoms with Crippen molar-refractivity contribution in [3.63, 3.8) is 0 Å². The largest absolute Gasteiger partial charge is 0.491 e. The zero-order valence-electron chi connectivity index (χ0n) is 12.1. The van der Waals surface area contributed by atoms with Gasteiger partial charge in [0.2, 0.25) is 5.91 Å². The first-order valence-electron chi connectivity index (χ1n) is 7.11. The second-order valence-electron chi connectivity index (χ2n) is 5.30. The molecule has 1 aliphatic heterocycles. The molecule has 1 fully saturated rings. The Hall–Kier alpha value is -0.970. The third-order valence-electron chi connectivity index (χ3n) is 3.59. The number of carbonyl (C=O) groups is 1. The van der Waals surface area contributed by atoms with Crippen LogP contribution in [0.3, 0.4) is 0 Å². The molecule has 0 aliphatic carbocycles. The number of nitrogens with zero attached hydrogens (tertiary/aromatic N) is 1. The van der Waals surface area contributed by atoms with E-state index in [1.165, 1.54) is 0 Å². The molecular weight excluding hydrogens is 311 g/mol. The minimum absolute atomic E-state index is 0.0164. The summed E-state index contributed by atoms with van der Waals surface area (Å²) in [5.74, 6) is 0.527. The highest BCUT2D eigenvalue weighted by Crippen LogP contribution is 2.31. The molecule has 0 saturated carbocycles. The molecule has 1 saturated heterocycles. The van der Waals surface area contributed by atoms with Crippen molar-refractivity contribution >= 4 is 29.1 Å². The maximum atomic E-state index is 11.9. The van der Waals surface area contributed by atoms with Crippen LogP contribution in [-0.2, 0) is 4.79 Å². The van der Waals surface area contributed by atoms with E-state index in [2.05, 4.69) is 17.3 Å². The van der Waals surface area contributed by atoms with Gasteiger partial charge in [0.1, 0.15) is 10.8 Å². The average Bonchev–Trinajstić information content (AvgIpc) is 2.46. The first-order chi connectivity index (χ1) is 10.1. The smallest absolute Gasteiger partial charge is 0.223 e. The fraction of sp³-hybridized carbons (Fsp3) is 0.533. The summed E-state index contributed by atoms with van der Waals surface area (Å²) in [4.78, 5) is 14.1. The predicted octanol–water partition coefficient (Wildman–Crippen LogP) is 2.97. The van der Waals surface area contributed by atoms with E-state index < -0.39 is 0 Å². The quantitative estimate of drug-likeness (QED) is 0.902. The van der Waals surface area contributed by atoms with Gasteiger partial charge < -0.3 is 15.0 Å². The van der Waals surface area contributed by atoms with Crippen LogP contribution in [0.2, 0.25) is 10.0 Å². The maximum Gasteiger partial charge on any atom is 0.223 e. The molecule has 6 heteroatoms. The highest BCUT2D eigenvalue weighted by Gasteiger charge is 2.18. The number of rotatable bonds is 5. The Balaban J connectivity index is 1.71. The molecule has 21 heavy (non-hydrogen) atoms. The Bertz CT molecular complexity index is 489. The molecule has 0 spiro atoms. The topological polar surface area (TPSA) is 41.6 Å². The first-order valence-corrected chi connectivity index (χ1v) is 7.86. The number of halogens is 2. The molecule has 0 bridgehead atoms. The van der Waals surface area contributed by atoms with Crippen LogP contribution in [-0.4, -0.2) is 43.6 Å². The van der Waals surface area contributed by atoms with Crippen LogP contribution in [0.1, 0.15) is 19.3 Å². The standard InChI is InChI=1S/C15H20Cl2N2O2/c1-19-8-5-11(6-9-19)18-14(20)7-10-21-13-4-2-3-12(16)15(13)17/h2-4,11H,5-10H2,1H3,(H,18,20). The van der Waals surface area contributed by atoms with Crippen molar-refractivity contribution in [1.29, 1.82) is 0 Å². The summed E-state index contributed by atoms with van der Waals surface area (Å²) < 4.78 is 5.51. The van der Waals surface area contributed by atoms with Gasteiger partial charge in [0.25, 0.3) is 0 Å². The van der Waals surface area contributed by atoms with Crippen molar-refractivity contribution in [2.75, 3.05) is 26.7 Å². The Morgan fingerprint density at radius 3 is 2.81 bits per heavy atom. The van der Waals surface area contributed by atoms with Gasteiger partial charge in [-0.15, -0.1) is 0 Å². The zero-order chi connectivity index (χ0) is 15.2. The van der Waals surface area contributed by atoms with Crippen LogP contribution in [0.5, 0.6) is 5.75 Å². The second-order valence-corrected chi connectivity index (χ2v) is 6.08. The first kappa shape index (κ1) is 16.4. The number of ether oxygens (including phenoxy) is 1. The summed E-state index contributed by atoms with van der Waals surface area (Å²) in [6.07, 6.45) is 2.32. The lowest BCUT2D eigenvalue weighted by atomic mass is 10.1. The maximum absolute atomic E-state index is 11.9. The van der Waals surface area contributed by atoms with Crippen LogP contribution < -0.4 is 10.1 Å². The lowest BCUT2D eigenvalue weighted by Crippen LogP contribution is -2.43. The Kier molecular flexibility index (Phi) is 6.15. The molecule has 0 atom stereocenters. The zero-order valence-corrected chi connectivity index (χ0v) is 13.6. The lowest BCUT2D eigenvalue weighted by Gasteiger charge is -2.29. The normalized spacial score (nSPS) is 16.7. The lowest BCUT2D eigenvalue weighted by molar-refractivity contribution is -0.122. The third-order valence-corrected chi connectivity index (χ3v) is 4.39. The van der Waals surface area contributed by atoms with E-state index in [1.807, 2.05) is 0 Å². The summed E-state index contributed by atoms with van der Waals surface area (Å²) in [6, 6.07) is 5.48. The predicted molar refractivity (Wildman–Crippen MR) is 85.2 cm³/mol. The highest BCUT2D eigenvalue weighted by atomic mass is 35.5. The van der Waals surface area contributed by atoms with Crippen LogP contribution in [0.4, 0.5) is 0 Å². The third kappa shape index (κ3) is 5.06. The van der Waals surface area contributed by atoms with E-state index in [9.17, 15) is 4.79 Å². The number of likely N-dealkylation sites (tertiary alicyclic amines) is 1. The van der Waals surface area contributed by atoms with Gasteiger partial charge in [0, 0.05) is 6.04 Å². The minimum Gasteiger partial charge on any atom is -0.491 e. The van der Waals surface area contributed by atoms with E-state index in [0.29, 0.717) is 28.8 Å². The van der Waals surface area contributed by atoms with Gasteiger partial charge in [-0.1, -0.05) is 29.3 Å². The van der Waals surface area contributed by atoms with Gasteiger partial charge in [-0.2, -0.15) is 0 Å². The fourth-order valence-corrected chi connectivity index (χ4v) is 2.65. The van der Waals surface area contributed by atoms with E-state index in [-0.39, 0.29) is 11.9 Å². The van der Waals surface area contributed by atoms with Crippen LogP contribution in [0.15, 0.2) is 18.2 Å². The molecule has 2 rings (SSSR count). The minimum atomic E-state index is 0.0164. The highest BCUT2D eigenvalue weighted by molar-refractivity contribution is 6.42. The molecule has 1 amide bonds. The molecule has 4 nitrogen and oxygen atoms in total. The number of carbonyl (C=O) groups excluding carboxylic acids is 1. The molecule has 1 aliphatic rings. The summed E-state index contributed by atoms with van der Waals surface area (Å²) >= 11 is 11.9. The second kappa shape index (κ2) is 7.87.